The van der Waals surface area contributed by atoms with Crippen LogP contribution in [0, 0.1) is 5.82 Å². The summed E-state index contributed by atoms with van der Waals surface area (Å²) >= 11 is 0. The van der Waals surface area contributed by atoms with E-state index in [1.807, 2.05) is 13.8 Å². The van der Waals surface area contributed by atoms with Crippen LogP contribution in [0.15, 0.2) is 24.3 Å². The minimum Gasteiger partial charge on any atom is -0.348 e. The molecule has 2 unspecified atom stereocenters. The fourth-order valence-electron chi connectivity index (χ4n) is 1.54. The molecule has 0 saturated carbocycles. The highest BCUT2D eigenvalue weighted by molar-refractivity contribution is 5.78. The van der Waals surface area contributed by atoms with E-state index in [0.717, 1.165) is 12.0 Å². The third kappa shape index (κ3) is 4.84. The Morgan fingerprint density at radius 3 is 2.44 bits per heavy atom. The summed E-state index contributed by atoms with van der Waals surface area (Å²) in [5.74, 6) is -0.317. The molecule has 4 heteroatoms. The highest BCUT2D eigenvalue weighted by atomic mass is 19.1. The van der Waals surface area contributed by atoms with Crippen molar-refractivity contribution in [1.29, 1.82) is 0 Å². The monoisotopic (exact) mass is 252 g/mol. The number of halogens is 1. The van der Waals surface area contributed by atoms with Crippen LogP contribution < -0.4 is 10.6 Å². The second-order valence-corrected chi connectivity index (χ2v) is 4.53. The summed E-state index contributed by atoms with van der Waals surface area (Å²) in [4.78, 5) is 11.7. The van der Waals surface area contributed by atoms with Crippen LogP contribution in [-0.4, -0.2) is 18.5 Å². The summed E-state index contributed by atoms with van der Waals surface area (Å²) in [6.07, 6.45) is 0.987. The van der Waals surface area contributed by atoms with Crippen LogP contribution in [0.1, 0.15) is 38.8 Å². The van der Waals surface area contributed by atoms with Crippen LogP contribution in [0.3, 0.4) is 0 Å². The average molecular weight is 252 g/mol. The minimum atomic E-state index is -0.268. The van der Waals surface area contributed by atoms with Crippen LogP contribution in [0.25, 0.3) is 0 Å². The van der Waals surface area contributed by atoms with Crippen molar-refractivity contribution in [2.45, 2.75) is 39.3 Å². The SMILES string of the molecule is CCC(C)NCC(=O)NC(C)c1ccc(F)cc1. The van der Waals surface area contributed by atoms with Gasteiger partial charge in [0.25, 0.3) is 0 Å². The van der Waals surface area contributed by atoms with Gasteiger partial charge < -0.3 is 10.6 Å². The van der Waals surface area contributed by atoms with Gasteiger partial charge in [-0.2, -0.15) is 0 Å². The second kappa shape index (κ2) is 7.11. The van der Waals surface area contributed by atoms with E-state index in [2.05, 4.69) is 17.6 Å². The van der Waals surface area contributed by atoms with Gasteiger partial charge in [-0.1, -0.05) is 19.1 Å². The van der Waals surface area contributed by atoms with Gasteiger partial charge in [0.15, 0.2) is 0 Å². The Kier molecular flexibility index (Phi) is 5.78. The number of carbonyl (C=O) groups excluding carboxylic acids is 1. The van der Waals surface area contributed by atoms with E-state index in [1.54, 1.807) is 12.1 Å². The van der Waals surface area contributed by atoms with Gasteiger partial charge in [0.05, 0.1) is 12.6 Å². The lowest BCUT2D eigenvalue weighted by Crippen LogP contribution is -2.38. The molecule has 3 nitrogen and oxygen atoms in total. The van der Waals surface area contributed by atoms with E-state index in [9.17, 15) is 9.18 Å². The van der Waals surface area contributed by atoms with E-state index in [-0.39, 0.29) is 17.8 Å². The molecule has 0 aliphatic rings. The maximum Gasteiger partial charge on any atom is 0.234 e. The molecule has 1 amide bonds. The predicted molar refractivity (Wildman–Crippen MR) is 70.7 cm³/mol. The molecule has 0 heterocycles. The molecule has 1 rings (SSSR count). The van der Waals surface area contributed by atoms with Gasteiger partial charge in [-0.15, -0.1) is 0 Å². The molecule has 2 N–H and O–H groups in total. The Balaban J connectivity index is 2.42. The molecule has 0 radical (unpaired) electrons. The van der Waals surface area contributed by atoms with Crippen LogP contribution >= 0.6 is 0 Å². The fourth-order valence-corrected chi connectivity index (χ4v) is 1.54. The van der Waals surface area contributed by atoms with Gasteiger partial charge >= 0.3 is 0 Å². The van der Waals surface area contributed by atoms with E-state index in [1.165, 1.54) is 12.1 Å². The maximum atomic E-state index is 12.8. The largest absolute Gasteiger partial charge is 0.348 e. The molecule has 0 fully saturated rings. The average Bonchev–Trinajstić information content (AvgIpc) is 2.36. The zero-order valence-corrected chi connectivity index (χ0v) is 11.2. The van der Waals surface area contributed by atoms with Crippen LogP contribution in [0.4, 0.5) is 4.39 Å². The van der Waals surface area contributed by atoms with Gasteiger partial charge in [-0.3, -0.25) is 4.79 Å². The Morgan fingerprint density at radius 1 is 1.28 bits per heavy atom. The van der Waals surface area contributed by atoms with Gasteiger partial charge in [-0.25, -0.2) is 4.39 Å². The summed E-state index contributed by atoms with van der Waals surface area (Å²) in [5, 5.41) is 6.00. The van der Waals surface area contributed by atoms with Crippen molar-refractivity contribution in [3.05, 3.63) is 35.6 Å². The number of nitrogens with one attached hydrogen (secondary N) is 2. The van der Waals surface area contributed by atoms with Crippen molar-refractivity contribution in [1.82, 2.24) is 10.6 Å². The molecule has 0 aliphatic heterocycles. The van der Waals surface area contributed by atoms with Crippen molar-refractivity contribution in [2.75, 3.05) is 6.54 Å². The van der Waals surface area contributed by atoms with E-state index >= 15 is 0 Å². The molecule has 0 bridgehead atoms. The Labute approximate surface area is 108 Å². The molecule has 100 valence electrons. The topological polar surface area (TPSA) is 41.1 Å². The predicted octanol–water partition coefficient (Wildman–Crippen LogP) is 2.39. The van der Waals surface area contributed by atoms with Crippen molar-refractivity contribution < 1.29 is 9.18 Å². The van der Waals surface area contributed by atoms with Crippen molar-refractivity contribution in [3.63, 3.8) is 0 Å². The molecule has 0 aromatic heterocycles. The quantitative estimate of drug-likeness (QED) is 0.816. The summed E-state index contributed by atoms with van der Waals surface area (Å²) < 4.78 is 12.8. The lowest BCUT2D eigenvalue weighted by atomic mass is 10.1. The Hall–Kier alpha value is -1.42. The first-order valence-corrected chi connectivity index (χ1v) is 6.31. The number of amides is 1. The number of carbonyl (C=O) groups is 1. The van der Waals surface area contributed by atoms with Crippen molar-refractivity contribution in [3.8, 4) is 0 Å². The normalized spacial score (nSPS) is 14.0. The van der Waals surface area contributed by atoms with Crippen molar-refractivity contribution in [2.24, 2.45) is 0 Å². The molecular formula is C14H21FN2O. The first kappa shape index (κ1) is 14.6. The summed E-state index contributed by atoms with van der Waals surface area (Å²) in [7, 11) is 0. The smallest absolute Gasteiger partial charge is 0.234 e. The number of benzene rings is 1. The molecule has 2 atom stereocenters. The maximum absolute atomic E-state index is 12.8. The third-order valence-electron chi connectivity index (χ3n) is 2.97. The number of hydrogen-bond acceptors (Lipinski definition) is 2. The number of hydrogen-bond donors (Lipinski definition) is 2. The molecule has 1 aromatic rings. The highest BCUT2D eigenvalue weighted by Crippen LogP contribution is 2.12. The lowest BCUT2D eigenvalue weighted by molar-refractivity contribution is -0.121. The first-order valence-electron chi connectivity index (χ1n) is 6.31. The Bertz CT molecular complexity index is 378. The van der Waals surface area contributed by atoms with Crippen molar-refractivity contribution >= 4 is 5.91 Å². The second-order valence-electron chi connectivity index (χ2n) is 4.53. The molecule has 1 aromatic carbocycles. The summed E-state index contributed by atoms with van der Waals surface area (Å²) in [5.41, 5.74) is 0.897. The van der Waals surface area contributed by atoms with Gasteiger partial charge in [0.2, 0.25) is 5.91 Å². The lowest BCUT2D eigenvalue weighted by Gasteiger charge is -2.16. The molecule has 0 spiro atoms. The molecular weight excluding hydrogens is 231 g/mol. The van der Waals surface area contributed by atoms with Gasteiger partial charge in [-0.05, 0) is 38.0 Å². The minimum absolute atomic E-state index is 0.0490. The zero-order chi connectivity index (χ0) is 13.5. The summed E-state index contributed by atoms with van der Waals surface area (Å²) in [6, 6.07) is 6.38. The van der Waals surface area contributed by atoms with Crippen LogP contribution in [0.5, 0.6) is 0 Å². The first-order chi connectivity index (χ1) is 8.52. The van der Waals surface area contributed by atoms with E-state index < -0.39 is 0 Å². The fraction of sp³-hybridized carbons (Fsp3) is 0.500. The van der Waals surface area contributed by atoms with Crippen LogP contribution in [0.2, 0.25) is 0 Å². The molecule has 0 aliphatic carbocycles. The standard InChI is InChI=1S/C14H21FN2O/c1-4-10(2)16-9-14(18)17-11(3)12-5-7-13(15)8-6-12/h5-8,10-11,16H,4,9H2,1-3H3,(H,17,18). The summed E-state index contributed by atoms with van der Waals surface area (Å²) in [6.45, 7) is 6.29. The van der Waals surface area contributed by atoms with Crippen LogP contribution in [-0.2, 0) is 4.79 Å². The molecule has 0 saturated heterocycles. The van der Waals surface area contributed by atoms with E-state index in [0.29, 0.717) is 12.6 Å². The Morgan fingerprint density at radius 2 is 1.89 bits per heavy atom. The number of rotatable bonds is 6. The highest BCUT2D eigenvalue weighted by Gasteiger charge is 2.10. The van der Waals surface area contributed by atoms with Gasteiger partial charge in [0.1, 0.15) is 5.82 Å². The van der Waals surface area contributed by atoms with Gasteiger partial charge in [0, 0.05) is 6.04 Å². The van der Waals surface area contributed by atoms with E-state index in [4.69, 9.17) is 0 Å². The third-order valence-corrected chi connectivity index (χ3v) is 2.97. The molecule has 18 heavy (non-hydrogen) atoms. The zero-order valence-electron chi connectivity index (χ0n) is 11.2.